The Morgan fingerprint density at radius 1 is 1.31 bits per heavy atom. The third kappa shape index (κ3) is 5.66. The lowest BCUT2D eigenvalue weighted by Crippen LogP contribution is -2.04. The molecule has 0 radical (unpaired) electrons. The van der Waals surface area contributed by atoms with Crippen LogP contribution in [0.2, 0.25) is 0 Å². The van der Waals surface area contributed by atoms with Crippen molar-refractivity contribution >= 4 is 11.9 Å². The second kappa shape index (κ2) is 5.13. The highest BCUT2D eigenvalue weighted by Crippen LogP contribution is 2.09. The van der Waals surface area contributed by atoms with E-state index in [4.69, 9.17) is 10.2 Å². The minimum atomic E-state index is -1.24. The van der Waals surface area contributed by atoms with E-state index in [0.717, 1.165) is 5.57 Å². The van der Waals surface area contributed by atoms with Crippen LogP contribution in [0.1, 0.15) is 19.8 Å². The first kappa shape index (κ1) is 11.4. The van der Waals surface area contributed by atoms with Gasteiger partial charge in [-0.3, -0.25) is 0 Å². The summed E-state index contributed by atoms with van der Waals surface area (Å²) in [7, 11) is 0. The van der Waals surface area contributed by atoms with Crippen LogP contribution in [0.25, 0.3) is 0 Å². The van der Waals surface area contributed by atoms with Gasteiger partial charge in [-0.1, -0.05) is 5.57 Å². The molecule has 0 aliphatic carbocycles. The van der Waals surface area contributed by atoms with E-state index in [1.54, 1.807) is 6.92 Å². The highest BCUT2D eigenvalue weighted by molar-refractivity contribution is 5.94. The summed E-state index contributed by atoms with van der Waals surface area (Å²) >= 11 is 0. The van der Waals surface area contributed by atoms with Gasteiger partial charge in [-0.05, 0) is 19.8 Å². The lowest BCUT2D eigenvalue weighted by molar-refractivity contribution is -0.135. The Hall–Kier alpha value is -1.58. The molecule has 0 unspecified atom stereocenters. The van der Waals surface area contributed by atoms with Crippen LogP contribution in [-0.2, 0) is 9.59 Å². The SMILES string of the molecule is C=C(C)CCC(=CC(=O)O)C(=O)O. The van der Waals surface area contributed by atoms with Gasteiger partial charge in [0.05, 0.1) is 0 Å². The fraction of sp³-hybridized carbons (Fsp3) is 0.333. The van der Waals surface area contributed by atoms with Crippen LogP contribution >= 0.6 is 0 Å². The summed E-state index contributed by atoms with van der Waals surface area (Å²) in [6, 6.07) is 0. The Labute approximate surface area is 76.2 Å². The molecule has 0 spiro atoms. The number of aliphatic carboxylic acids is 2. The Morgan fingerprint density at radius 3 is 2.15 bits per heavy atom. The number of allylic oxidation sites excluding steroid dienone is 1. The molecule has 0 bridgehead atoms. The topological polar surface area (TPSA) is 74.6 Å². The van der Waals surface area contributed by atoms with Gasteiger partial charge in [0.2, 0.25) is 0 Å². The zero-order valence-electron chi connectivity index (χ0n) is 7.41. The number of carbonyl (C=O) groups is 2. The summed E-state index contributed by atoms with van der Waals surface area (Å²) in [5.74, 6) is -2.43. The van der Waals surface area contributed by atoms with Crippen LogP contribution in [-0.4, -0.2) is 22.2 Å². The molecule has 0 heterocycles. The molecular formula is C9H12O4. The Morgan fingerprint density at radius 2 is 1.85 bits per heavy atom. The predicted molar refractivity (Wildman–Crippen MR) is 47.4 cm³/mol. The highest BCUT2D eigenvalue weighted by Gasteiger charge is 2.08. The van der Waals surface area contributed by atoms with E-state index in [1.165, 1.54) is 0 Å². The third-order valence-corrected chi connectivity index (χ3v) is 1.39. The maximum absolute atomic E-state index is 10.5. The predicted octanol–water partition coefficient (Wildman–Crippen LogP) is 1.44. The summed E-state index contributed by atoms with van der Waals surface area (Å²) in [6.45, 7) is 5.36. The summed E-state index contributed by atoms with van der Waals surface area (Å²) in [6.07, 6.45) is 1.41. The van der Waals surface area contributed by atoms with E-state index in [2.05, 4.69) is 6.58 Å². The van der Waals surface area contributed by atoms with Gasteiger partial charge >= 0.3 is 11.9 Å². The van der Waals surface area contributed by atoms with Gasteiger partial charge in [-0.15, -0.1) is 6.58 Å². The highest BCUT2D eigenvalue weighted by atomic mass is 16.4. The molecule has 4 heteroatoms. The van der Waals surface area contributed by atoms with Crippen LogP contribution in [0.3, 0.4) is 0 Å². The van der Waals surface area contributed by atoms with Crippen molar-refractivity contribution < 1.29 is 19.8 Å². The lowest BCUT2D eigenvalue weighted by atomic mass is 10.1. The van der Waals surface area contributed by atoms with Crippen LogP contribution < -0.4 is 0 Å². The van der Waals surface area contributed by atoms with E-state index in [1.807, 2.05) is 0 Å². The van der Waals surface area contributed by atoms with Gasteiger partial charge in [0, 0.05) is 11.6 Å². The second-order valence-electron chi connectivity index (χ2n) is 2.77. The summed E-state index contributed by atoms with van der Waals surface area (Å²) < 4.78 is 0. The zero-order valence-corrected chi connectivity index (χ0v) is 7.41. The molecule has 0 aromatic carbocycles. The Balaban J connectivity index is 4.36. The van der Waals surface area contributed by atoms with E-state index < -0.39 is 11.9 Å². The normalized spacial score (nSPS) is 11.0. The van der Waals surface area contributed by atoms with Crippen molar-refractivity contribution in [2.24, 2.45) is 0 Å². The molecule has 0 amide bonds. The second-order valence-corrected chi connectivity index (χ2v) is 2.77. The number of carboxylic acids is 2. The number of carboxylic acid groups (broad SMARTS) is 2. The van der Waals surface area contributed by atoms with Crippen molar-refractivity contribution in [3.8, 4) is 0 Å². The molecule has 0 saturated heterocycles. The van der Waals surface area contributed by atoms with E-state index in [0.29, 0.717) is 12.5 Å². The van der Waals surface area contributed by atoms with Crippen LogP contribution in [0.5, 0.6) is 0 Å². The van der Waals surface area contributed by atoms with Gasteiger partial charge in [-0.25, -0.2) is 9.59 Å². The van der Waals surface area contributed by atoms with E-state index in [9.17, 15) is 9.59 Å². The monoisotopic (exact) mass is 184 g/mol. The largest absolute Gasteiger partial charge is 0.478 e. The molecule has 4 nitrogen and oxygen atoms in total. The molecule has 0 saturated carbocycles. The molecule has 2 N–H and O–H groups in total. The van der Waals surface area contributed by atoms with Crippen molar-refractivity contribution in [3.05, 3.63) is 23.8 Å². The number of rotatable bonds is 5. The van der Waals surface area contributed by atoms with Gasteiger partial charge in [0.15, 0.2) is 0 Å². The smallest absolute Gasteiger partial charge is 0.331 e. The molecular weight excluding hydrogens is 172 g/mol. The summed E-state index contributed by atoms with van der Waals surface area (Å²) in [5, 5.41) is 16.9. The quantitative estimate of drug-likeness (QED) is 0.500. The average Bonchev–Trinajstić information content (AvgIpc) is 1.96. The Bertz CT molecular complexity index is 263. The van der Waals surface area contributed by atoms with Crippen LogP contribution in [0, 0.1) is 0 Å². The number of hydrogen-bond acceptors (Lipinski definition) is 2. The lowest BCUT2D eigenvalue weighted by Gasteiger charge is -2.00. The first-order valence-corrected chi connectivity index (χ1v) is 3.74. The first-order chi connectivity index (χ1) is 5.93. The van der Waals surface area contributed by atoms with Crippen LogP contribution in [0.15, 0.2) is 23.8 Å². The molecule has 0 rings (SSSR count). The Kier molecular flexibility index (Phi) is 4.51. The van der Waals surface area contributed by atoms with E-state index in [-0.39, 0.29) is 12.0 Å². The van der Waals surface area contributed by atoms with Crippen molar-refractivity contribution in [3.63, 3.8) is 0 Å². The van der Waals surface area contributed by atoms with Crippen molar-refractivity contribution in [1.82, 2.24) is 0 Å². The molecule has 0 fully saturated rings. The zero-order chi connectivity index (χ0) is 10.4. The van der Waals surface area contributed by atoms with Gasteiger partial charge in [-0.2, -0.15) is 0 Å². The average molecular weight is 184 g/mol. The molecule has 0 aromatic heterocycles. The van der Waals surface area contributed by atoms with Gasteiger partial charge in [0.25, 0.3) is 0 Å². The minimum absolute atomic E-state index is 0.101. The molecule has 0 atom stereocenters. The molecule has 0 aromatic rings. The first-order valence-electron chi connectivity index (χ1n) is 3.74. The molecule has 72 valence electrons. The summed E-state index contributed by atoms with van der Waals surface area (Å²) in [4.78, 5) is 20.7. The van der Waals surface area contributed by atoms with Crippen molar-refractivity contribution in [2.45, 2.75) is 19.8 Å². The minimum Gasteiger partial charge on any atom is -0.478 e. The molecule has 0 aliphatic heterocycles. The van der Waals surface area contributed by atoms with E-state index >= 15 is 0 Å². The van der Waals surface area contributed by atoms with Crippen LogP contribution in [0.4, 0.5) is 0 Å². The fourth-order valence-corrected chi connectivity index (χ4v) is 0.738. The fourth-order valence-electron chi connectivity index (χ4n) is 0.738. The van der Waals surface area contributed by atoms with Gasteiger partial charge in [0.1, 0.15) is 0 Å². The number of hydrogen-bond donors (Lipinski definition) is 2. The molecule has 0 aliphatic rings. The van der Waals surface area contributed by atoms with Crippen molar-refractivity contribution in [1.29, 1.82) is 0 Å². The molecule has 13 heavy (non-hydrogen) atoms. The maximum Gasteiger partial charge on any atom is 0.331 e. The summed E-state index contributed by atoms with van der Waals surface area (Å²) in [5.41, 5.74) is 0.730. The van der Waals surface area contributed by atoms with Gasteiger partial charge < -0.3 is 10.2 Å². The third-order valence-electron chi connectivity index (χ3n) is 1.39. The maximum atomic E-state index is 10.5. The van der Waals surface area contributed by atoms with Crippen molar-refractivity contribution in [2.75, 3.05) is 0 Å². The standard InChI is InChI=1S/C9H12O4/c1-6(2)3-4-7(9(12)13)5-8(10)11/h5H,1,3-4H2,2H3,(H,10,11)(H,12,13).